The molecule has 0 aliphatic rings. The van der Waals surface area contributed by atoms with Crippen molar-refractivity contribution in [1.82, 2.24) is 10.3 Å². The molecule has 8 heteroatoms. The van der Waals surface area contributed by atoms with E-state index in [-0.39, 0.29) is 36.6 Å². The molecular formula is C15H23Cl2N3OS2. The molecule has 1 atom stereocenters. The summed E-state index contributed by atoms with van der Waals surface area (Å²) in [6.45, 7) is 8.38. The second-order valence-corrected chi connectivity index (χ2v) is 7.59. The number of hydrogen-bond donors (Lipinski definition) is 2. The van der Waals surface area contributed by atoms with E-state index >= 15 is 0 Å². The molecule has 0 saturated carbocycles. The number of carbonyl (C=O) groups is 1. The second kappa shape index (κ2) is 8.99. The van der Waals surface area contributed by atoms with Crippen molar-refractivity contribution in [1.29, 1.82) is 0 Å². The van der Waals surface area contributed by atoms with E-state index in [4.69, 9.17) is 5.73 Å². The molecule has 0 saturated heterocycles. The molecule has 0 spiro atoms. The van der Waals surface area contributed by atoms with Crippen molar-refractivity contribution in [3.8, 4) is 9.88 Å². The molecule has 2 aromatic heterocycles. The summed E-state index contributed by atoms with van der Waals surface area (Å²) in [5, 5.41) is 5.97. The quantitative estimate of drug-likeness (QED) is 0.799. The third-order valence-corrected chi connectivity index (χ3v) is 6.03. The Bertz CT molecular complexity index is 629. The first-order chi connectivity index (χ1) is 9.87. The highest BCUT2D eigenvalue weighted by molar-refractivity contribution is 7.22. The Balaban J connectivity index is 0.00000242. The van der Waals surface area contributed by atoms with Crippen LogP contribution in [0.2, 0.25) is 0 Å². The molecule has 4 nitrogen and oxygen atoms in total. The van der Waals surface area contributed by atoms with Crippen LogP contribution in [0.4, 0.5) is 0 Å². The van der Waals surface area contributed by atoms with Gasteiger partial charge in [-0.15, -0.1) is 47.5 Å². The third-order valence-electron chi connectivity index (χ3n) is 3.83. The summed E-state index contributed by atoms with van der Waals surface area (Å²) >= 11 is 3.06. The molecule has 0 aromatic carbocycles. The van der Waals surface area contributed by atoms with Crippen molar-refractivity contribution in [2.24, 2.45) is 11.7 Å². The lowest BCUT2D eigenvalue weighted by Crippen LogP contribution is -2.54. The van der Waals surface area contributed by atoms with E-state index in [2.05, 4.69) is 24.1 Å². The molecule has 130 valence electrons. The highest BCUT2D eigenvalue weighted by Crippen LogP contribution is 2.31. The number of rotatable bonds is 5. The molecule has 2 rings (SSSR count). The zero-order valence-corrected chi connectivity index (χ0v) is 16.8. The minimum absolute atomic E-state index is 0. The Hall–Kier alpha value is -0.660. The number of hydrogen-bond acceptors (Lipinski definition) is 5. The van der Waals surface area contributed by atoms with Crippen LogP contribution in [-0.4, -0.2) is 23.0 Å². The molecule has 2 heterocycles. The van der Waals surface area contributed by atoms with E-state index in [0.29, 0.717) is 11.4 Å². The predicted molar refractivity (Wildman–Crippen MR) is 104 cm³/mol. The van der Waals surface area contributed by atoms with Gasteiger partial charge in [0.25, 0.3) is 5.91 Å². The molecule has 23 heavy (non-hydrogen) atoms. The number of aromatic nitrogens is 1. The van der Waals surface area contributed by atoms with E-state index in [1.165, 1.54) is 11.3 Å². The Morgan fingerprint density at radius 3 is 2.57 bits per heavy atom. The number of carbonyl (C=O) groups excluding carboxylic acids is 1. The molecule has 1 unspecified atom stereocenters. The fourth-order valence-electron chi connectivity index (χ4n) is 1.86. The average molecular weight is 396 g/mol. The van der Waals surface area contributed by atoms with Gasteiger partial charge in [0.05, 0.1) is 16.1 Å². The molecular weight excluding hydrogens is 373 g/mol. The van der Waals surface area contributed by atoms with Gasteiger partial charge < -0.3 is 11.1 Å². The van der Waals surface area contributed by atoms with Gasteiger partial charge in [-0.05, 0) is 31.2 Å². The van der Waals surface area contributed by atoms with Crippen LogP contribution in [0.5, 0.6) is 0 Å². The van der Waals surface area contributed by atoms with Crippen LogP contribution in [0.25, 0.3) is 9.88 Å². The van der Waals surface area contributed by atoms with Gasteiger partial charge in [0.1, 0.15) is 9.88 Å². The maximum absolute atomic E-state index is 12.5. The van der Waals surface area contributed by atoms with Gasteiger partial charge in [0.15, 0.2) is 0 Å². The van der Waals surface area contributed by atoms with Crippen molar-refractivity contribution in [3.63, 3.8) is 0 Å². The fraction of sp³-hybridized carbons (Fsp3) is 0.467. The summed E-state index contributed by atoms with van der Waals surface area (Å²) in [5.41, 5.74) is 6.19. The normalized spacial score (nSPS) is 13.0. The number of nitrogens with one attached hydrogen (secondary N) is 1. The fourth-order valence-corrected chi connectivity index (χ4v) is 3.62. The van der Waals surface area contributed by atoms with Crippen molar-refractivity contribution in [2.45, 2.75) is 33.2 Å². The zero-order chi connectivity index (χ0) is 15.6. The van der Waals surface area contributed by atoms with Gasteiger partial charge >= 0.3 is 0 Å². The minimum Gasteiger partial charge on any atom is -0.345 e. The van der Waals surface area contributed by atoms with Crippen LogP contribution >= 0.6 is 47.5 Å². The summed E-state index contributed by atoms with van der Waals surface area (Å²) in [7, 11) is 0. The topological polar surface area (TPSA) is 68.0 Å². The average Bonchev–Trinajstić information content (AvgIpc) is 3.06. The van der Waals surface area contributed by atoms with Gasteiger partial charge in [0.2, 0.25) is 0 Å². The van der Waals surface area contributed by atoms with E-state index in [1.54, 1.807) is 11.3 Å². The van der Waals surface area contributed by atoms with Gasteiger partial charge in [-0.25, -0.2) is 4.98 Å². The van der Waals surface area contributed by atoms with E-state index in [9.17, 15) is 4.79 Å². The minimum atomic E-state index is -0.406. The smallest absolute Gasteiger partial charge is 0.263 e. The van der Waals surface area contributed by atoms with E-state index in [0.717, 1.165) is 15.6 Å². The Morgan fingerprint density at radius 1 is 1.43 bits per heavy atom. The Labute approximate surface area is 157 Å². The zero-order valence-electron chi connectivity index (χ0n) is 13.6. The lowest BCUT2D eigenvalue weighted by Gasteiger charge is -2.33. The largest absolute Gasteiger partial charge is 0.345 e. The van der Waals surface area contributed by atoms with Gasteiger partial charge in [-0.3, -0.25) is 4.79 Å². The van der Waals surface area contributed by atoms with Crippen LogP contribution in [0, 0.1) is 12.8 Å². The summed E-state index contributed by atoms with van der Waals surface area (Å²) in [6.07, 6.45) is 0. The number of thiazole rings is 1. The molecule has 0 aliphatic carbocycles. The first kappa shape index (κ1) is 22.3. The van der Waals surface area contributed by atoms with Crippen molar-refractivity contribution in [3.05, 3.63) is 28.1 Å². The number of nitrogens with zero attached hydrogens (tertiary/aromatic N) is 1. The highest BCUT2D eigenvalue weighted by Gasteiger charge is 2.30. The summed E-state index contributed by atoms with van der Waals surface area (Å²) in [4.78, 5) is 18.8. The molecule has 2 aromatic rings. The van der Waals surface area contributed by atoms with Crippen LogP contribution in [0.3, 0.4) is 0 Å². The Kier molecular flexibility index (Phi) is 8.73. The van der Waals surface area contributed by atoms with Crippen molar-refractivity contribution < 1.29 is 4.79 Å². The third kappa shape index (κ3) is 4.90. The van der Waals surface area contributed by atoms with Crippen LogP contribution in [-0.2, 0) is 0 Å². The van der Waals surface area contributed by atoms with Crippen LogP contribution in [0.1, 0.15) is 36.1 Å². The molecule has 0 radical (unpaired) electrons. The molecule has 1 amide bonds. The first-order valence-electron chi connectivity index (χ1n) is 6.91. The number of aryl methyl sites for hydroxylation is 1. The number of nitrogens with two attached hydrogens (primary N) is 1. The second-order valence-electron chi connectivity index (χ2n) is 5.64. The van der Waals surface area contributed by atoms with E-state index in [1.807, 2.05) is 31.4 Å². The first-order valence-corrected chi connectivity index (χ1v) is 8.61. The van der Waals surface area contributed by atoms with Gasteiger partial charge in [-0.1, -0.05) is 19.9 Å². The maximum Gasteiger partial charge on any atom is 0.263 e. The molecule has 0 aliphatic heterocycles. The molecule has 0 bridgehead atoms. The number of halogens is 2. The monoisotopic (exact) mass is 395 g/mol. The highest BCUT2D eigenvalue weighted by atomic mass is 35.5. The summed E-state index contributed by atoms with van der Waals surface area (Å²) in [6, 6.07) is 4.00. The van der Waals surface area contributed by atoms with Crippen LogP contribution in [0.15, 0.2) is 17.5 Å². The predicted octanol–water partition coefficient (Wildman–Crippen LogP) is 4.13. The van der Waals surface area contributed by atoms with Gasteiger partial charge in [0, 0.05) is 6.54 Å². The molecule has 3 N–H and O–H groups in total. The molecule has 0 fully saturated rings. The standard InChI is InChI=1S/C15H21N3OS2.2ClH/c1-9(2)15(4,8-16)18-13(19)12-10(3)17-14(21-12)11-6-5-7-20-11;;/h5-7,9H,8,16H2,1-4H3,(H,18,19);2*1H. The van der Waals surface area contributed by atoms with Gasteiger partial charge in [-0.2, -0.15) is 0 Å². The van der Waals surface area contributed by atoms with E-state index < -0.39 is 5.54 Å². The Morgan fingerprint density at radius 2 is 2.09 bits per heavy atom. The number of thiophene rings is 1. The maximum atomic E-state index is 12.5. The lowest BCUT2D eigenvalue weighted by molar-refractivity contribution is 0.0886. The summed E-state index contributed by atoms with van der Waals surface area (Å²) < 4.78 is 0. The SMILES string of the molecule is Cc1nc(-c2cccs2)sc1C(=O)NC(C)(CN)C(C)C.Cl.Cl. The number of amides is 1. The van der Waals surface area contributed by atoms with Crippen molar-refractivity contribution in [2.75, 3.05) is 6.54 Å². The van der Waals surface area contributed by atoms with Crippen molar-refractivity contribution >= 4 is 53.4 Å². The lowest BCUT2D eigenvalue weighted by atomic mass is 9.88. The summed E-state index contributed by atoms with van der Waals surface area (Å²) in [5.74, 6) is 0.172. The van der Waals surface area contributed by atoms with Crippen LogP contribution < -0.4 is 11.1 Å².